The van der Waals surface area contributed by atoms with Gasteiger partial charge in [0.05, 0.1) is 11.6 Å². The van der Waals surface area contributed by atoms with E-state index in [2.05, 4.69) is 10.6 Å². The van der Waals surface area contributed by atoms with Crippen LogP contribution in [0.4, 0.5) is 15.8 Å². The third-order valence-electron chi connectivity index (χ3n) is 2.94. The predicted octanol–water partition coefficient (Wildman–Crippen LogP) is 1.95. The number of anilines is 2. The van der Waals surface area contributed by atoms with Crippen LogP contribution >= 0.6 is 0 Å². The third-order valence-corrected chi connectivity index (χ3v) is 2.94. The molecule has 0 aliphatic carbocycles. The summed E-state index contributed by atoms with van der Waals surface area (Å²) < 4.78 is 13.7. The molecule has 0 saturated heterocycles. The summed E-state index contributed by atoms with van der Waals surface area (Å²) in [7, 11) is 0. The van der Waals surface area contributed by atoms with Crippen LogP contribution in [0.2, 0.25) is 0 Å². The summed E-state index contributed by atoms with van der Waals surface area (Å²) in [5.41, 5.74) is 6.00. The number of carbonyl (C=O) groups is 2. The van der Waals surface area contributed by atoms with Crippen molar-refractivity contribution in [2.75, 3.05) is 17.2 Å². The average molecular weight is 281 g/mol. The first-order valence-corrected chi connectivity index (χ1v) is 6.43. The number of rotatable bonds is 5. The number of nitrogens with two attached hydrogens (primary N) is 1. The predicted molar refractivity (Wildman–Crippen MR) is 76.7 cm³/mol. The Morgan fingerprint density at radius 2 is 1.95 bits per heavy atom. The van der Waals surface area contributed by atoms with Gasteiger partial charge in [-0.15, -0.1) is 0 Å². The first-order chi connectivity index (χ1) is 9.35. The Morgan fingerprint density at radius 1 is 1.30 bits per heavy atom. The van der Waals surface area contributed by atoms with Crippen LogP contribution in [0.25, 0.3) is 0 Å². The first-order valence-electron chi connectivity index (χ1n) is 6.43. The van der Waals surface area contributed by atoms with Crippen LogP contribution in [0.5, 0.6) is 0 Å². The van der Waals surface area contributed by atoms with Crippen LogP contribution in [-0.4, -0.2) is 18.4 Å². The van der Waals surface area contributed by atoms with Crippen LogP contribution in [0.1, 0.15) is 20.8 Å². The highest BCUT2D eigenvalue weighted by Gasteiger charge is 2.21. The SMILES string of the molecule is CC(=O)Nc1ccc(F)c(NC(=O)C(CN)C(C)C)c1. The Bertz CT molecular complexity index is 503. The van der Waals surface area contributed by atoms with Gasteiger partial charge >= 0.3 is 0 Å². The quantitative estimate of drug-likeness (QED) is 0.771. The molecular weight excluding hydrogens is 261 g/mol. The Morgan fingerprint density at radius 3 is 2.45 bits per heavy atom. The molecule has 1 atom stereocenters. The molecule has 6 heteroatoms. The fraction of sp³-hybridized carbons (Fsp3) is 0.429. The van der Waals surface area contributed by atoms with E-state index in [0.717, 1.165) is 0 Å². The summed E-state index contributed by atoms with van der Waals surface area (Å²) in [5.74, 6) is -1.50. The van der Waals surface area contributed by atoms with Gasteiger partial charge in [-0.2, -0.15) is 0 Å². The molecule has 0 saturated carbocycles. The number of nitrogens with one attached hydrogen (secondary N) is 2. The lowest BCUT2D eigenvalue weighted by atomic mass is 9.95. The molecule has 4 N–H and O–H groups in total. The Balaban J connectivity index is 2.90. The van der Waals surface area contributed by atoms with Gasteiger partial charge in [0, 0.05) is 19.2 Å². The Labute approximate surface area is 117 Å². The summed E-state index contributed by atoms with van der Waals surface area (Å²) in [4.78, 5) is 23.0. The second-order valence-electron chi connectivity index (χ2n) is 4.95. The number of halogens is 1. The van der Waals surface area contributed by atoms with Crippen LogP contribution in [-0.2, 0) is 9.59 Å². The summed E-state index contributed by atoms with van der Waals surface area (Å²) in [5, 5.41) is 5.04. The zero-order valence-electron chi connectivity index (χ0n) is 11.9. The van der Waals surface area contributed by atoms with Crippen molar-refractivity contribution in [1.29, 1.82) is 0 Å². The molecule has 0 fully saturated rings. The van der Waals surface area contributed by atoms with Crippen molar-refractivity contribution >= 4 is 23.2 Å². The molecule has 1 aromatic carbocycles. The molecule has 1 unspecified atom stereocenters. The van der Waals surface area contributed by atoms with Crippen molar-refractivity contribution in [3.05, 3.63) is 24.0 Å². The van der Waals surface area contributed by atoms with Crippen molar-refractivity contribution in [2.45, 2.75) is 20.8 Å². The minimum Gasteiger partial charge on any atom is -0.330 e. The van der Waals surface area contributed by atoms with Gasteiger partial charge in [-0.05, 0) is 24.1 Å². The number of benzene rings is 1. The van der Waals surface area contributed by atoms with E-state index in [1.807, 2.05) is 13.8 Å². The molecule has 20 heavy (non-hydrogen) atoms. The molecule has 0 spiro atoms. The molecular formula is C14H20FN3O2. The number of hydrogen-bond donors (Lipinski definition) is 3. The largest absolute Gasteiger partial charge is 0.330 e. The molecule has 1 rings (SSSR count). The second kappa shape index (κ2) is 7.00. The maximum atomic E-state index is 13.7. The third kappa shape index (κ3) is 4.31. The van der Waals surface area contributed by atoms with E-state index >= 15 is 0 Å². The van der Waals surface area contributed by atoms with Gasteiger partial charge in [0.25, 0.3) is 0 Å². The monoisotopic (exact) mass is 281 g/mol. The van der Waals surface area contributed by atoms with Crippen molar-refractivity contribution < 1.29 is 14.0 Å². The standard InChI is InChI=1S/C14H20FN3O2/c1-8(2)11(7-16)14(20)18-13-6-10(17-9(3)19)4-5-12(13)15/h4-6,8,11H,7,16H2,1-3H3,(H,17,19)(H,18,20). The van der Waals surface area contributed by atoms with Crippen LogP contribution in [0.15, 0.2) is 18.2 Å². The van der Waals surface area contributed by atoms with Crippen molar-refractivity contribution in [2.24, 2.45) is 17.6 Å². The highest BCUT2D eigenvalue weighted by molar-refractivity contribution is 5.94. The average Bonchev–Trinajstić information content (AvgIpc) is 2.33. The fourth-order valence-corrected chi connectivity index (χ4v) is 1.81. The molecule has 5 nitrogen and oxygen atoms in total. The van der Waals surface area contributed by atoms with E-state index in [1.54, 1.807) is 0 Å². The van der Waals surface area contributed by atoms with Crippen LogP contribution in [0, 0.1) is 17.7 Å². The molecule has 1 aromatic rings. The highest BCUT2D eigenvalue weighted by Crippen LogP contribution is 2.21. The molecule has 2 amide bonds. The number of hydrogen-bond acceptors (Lipinski definition) is 3. The van der Waals surface area contributed by atoms with E-state index in [9.17, 15) is 14.0 Å². The fourth-order valence-electron chi connectivity index (χ4n) is 1.81. The second-order valence-corrected chi connectivity index (χ2v) is 4.95. The summed E-state index contributed by atoms with van der Waals surface area (Å²) in [6.45, 7) is 5.30. The molecule has 0 aromatic heterocycles. The van der Waals surface area contributed by atoms with Gasteiger partial charge in [0.15, 0.2) is 0 Å². The van der Waals surface area contributed by atoms with Crippen LogP contribution in [0.3, 0.4) is 0 Å². The maximum Gasteiger partial charge on any atom is 0.229 e. The van der Waals surface area contributed by atoms with Gasteiger partial charge in [-0.3, -0.25) is 9.59 Å². The zero-order chi connectivity index (χ0) is 15.3. The number of amides is 2. The van der Waals surface area contributed by atoms with E-state index in [-0.39, 0.29) is 35.9 Å². The van der Waals surface area contributed by atoms with Gasteiger partial charge in [0.2, 0.25) is 11.8 Å². The van der Waals surface area contributed by atoms with Crippen molar-refractivity contribution in [1.82, 2.24) is 0 Å². The first kappa shape index (κ1) is 16.1. The maximum absolute atomic E-state index is 13.7. The van der Waals surface area contributed by atoms with E-state index < -0.39 is 5.82 Å². The van der Waals surface area contributed by atoms with Gasteiger partial charge in [-0.1, -0.05) is 13.8 Å². The normalized spacial score (nSPS) is 12.1. The summed E-state index contributed by atoms with van der Waals surface area (Å²) >= 11 is 0. The Hall–Kier alpha value is -1.95. The van der Waals surface area contributed by atoms with E-state index in [1.165, 1.54) is 25.1 Å². The van der Waals surface area contributed by atoms with E-state index in [4.69, 9.17) is 5.73 Å². The smallest absolute Gasteiger partial charge is 0.229 e. The van der Waals surface area contributed by atoms with Gasteiger partial charge < -0.3 is 16.4 Å². The minimum atomic E-state index is -0.563. The molecule has 0 heterocycles. The summed E-state index contributed by atoms with van der Waals surface area (Å²) in [6, 6.07) is 3.99. The number of carbonyl (C=O) groups excluding carboxylic acids is 2. The van der Waals surface area contributed by atoms with Gasteiger partial charge in [0.1, 0.15) is 5.82 Å². The lowest BCUT2D eigenvalue weighted by Gasteiger charge is -2.18. The zero-order valence-corrected chi connectivity index (χ0v) is 11.9. The lowest BCUT2D eigenvalue weighted by Crippen LogP contribution is -2.33. The van der Waals surface area contributed by atoms with Crippen LogP contribution < -0.4 is 16.4 Å². The van der Waals surface area contributed by atoms with E-state index in [0.29, 0.717) is 5.69 Å². The molecule has 0 bridgehead atoms. The summed E-state index contributed by atoms with van der Waals surface area (Å²) in [6.07, 6.45) is 0. The molecule has 0 aliphatic rings. The Kier molecular flexibility index (Phi) is 5.64. The lowest BCUT2D eigenvalue weighted by molar-refractivity contribution is -0.120. The molecule has 0 radical (unpaired) electrons. The van der Waals surface area contributed by atoms with Crippen molar-refractivity contribution in [3.63, 3.8) is 0 Å². The topological polar surface area (TPSA) is 84.2 Å². The molecule has 110 valence electrons. The highest BCUT2D eigenvalue weighted by atomic mass is 19.1. The van der Waals surface area contributed by atoms with Gasteiger partial charge in [-0.25, -0.2) is 4.39 Å². The minimum absolute atomic E-state index is 0.0281. The molecule has 0 aliphatic heterocycles. The van der Waals surface area contributed by atoms with Crippen molar-refractivity contribution in [3.8, 4) is 0 Å².